The van der Waals surface area contributed by atoms with Crippen LogP contribution < -0.4 is 10.2 Å². The smallest absolute Gasteiger partial charge is 0.332 e. The Kier molecular flexibility index (Phi) is 7.68. The average molecular weight is 614 g/mol. The molecule has 1 fully saturated rings. The van der Waals surface area contributed by atoms with Crippen molar-refractivity contribution in [2.75, 3.05) is 4.90 Å². The number of imide groups is 1. The van der Waals surface area contributed by atoms with Crippen LogP contribution in [0.4, 0.5) is 14.9 Å². The van der Waals surface area contributed by atoms with Crippen molar-refractivity contribution in [3.05, 3.63) is 126 Å². The van der Waals surface area contributed by atoms with E-state index in [4.69, 9.17) is 0 Å². The highest BCUT2D eigenvalue weighted by Crippen LogP contribution is 2.31. The van der Waals surface area contributed by atoms with Crippen LogP contribution in [-0.2, 0) is 6.54 Å². The van der Waals surface area contributed by atoms with E-state index in [1.807, 2.05) is 36.5 Å². The van der Waals surface area contributed by atoms with Gasteiger partial charge in [0.2, 0.25) is 0 Å². The van der Waals surface area contributed by atoms with Gasteiger partial charge < -0.3 is 9.72 Å². The molecular weight excluding hydrogens is 585 g/mol. The molecule has 0 saturated heterocycles. The van der Waals surface area contributed by atoms with Crippen molar-refractivity contribution >= 4 is 29.2 Å². The zero-order valence-corrected chi connectivity index (χ0v) is 24.6. The third kappa shape index (κ3) is 5.80. The predicted octanol–water partition coefficient (Wildman–Crippen LogP) is 4.99. The molecule has 10 nitrogen and oxygen atoms in total. The number of nitrogens with one attached hydrogen (secondary N) is 1. The Morgan fingerprint density at radius 1 is 0.935 bits per heavy atom. The Morgan fingerprint density at radius 2 is 1.76 bits per heavy atom. The zero-order chi connectivity index (χ0) is 31.6. The zero-order valence-electron chi connectivity index (χ0n) is 24.6. The summed E-state index contributed by atoms with van der Waals surface area (Å²) < 4.78 is 16.1. The second-order valence-corrected chi connectivity index (χ2v) is 11.3. The van der Waals surface area contributed by atoms with Gasteiger partial charge in [0.1, 0.15) is 17.2 Å². The van der Waals surface area contributed by atoms with Gasteiger partial charge in [0.15, 0.2) is 0 Å². The van der Waals surface area contributed by atoms with Crippen molar-refractivity contribution < 1.29 is 18.8 Å². The number of urea groups is 1. The lowest BCUT2D eigenvalue weighted by molar-refractivity contribution is 0.0698. The first-order chi connectivity index (χ1) is 22.4. The summed E-state index contributed by atoms with van der Waals surface area (Å²) in [5, 5.41) is 3.05. The molecule has 11 heteroatoms. The average Bonchev–Trinajstić information content (AvgIpc) is 3.49. The summed E-state index contributed by atoms with van der Waals surface area (Å²) in [5.74, 6) is 4.66. The van der Waals surface area contributed by atoms with Gasteiger partial charge in [-0.05, 0) is 74.2 Å². The lowest BCUT2D eigenvalue weighted by atomic mass is 9.89. The number of amides is 4. The molecule has 46 heavy (non-hydrogen) atoms. The molecule has 228 valence electrons. The van der Waals surface area contributed by atoms with Crippen LogP contribution in [0.25, 0.3) is 5.65 Å². The van der Waals surface area contributed by atoms with Gasteiger partial charge in [0, 0.05) is 53.7 Å². The number of carbonyl (C=O) groups is 3. The molecule has 1 aliphatic carbocycles. The second kappa shape index (κ2) is 12.2. The van der Waals surface area contributed by atoms with Gasteiger partial charge in [-0.2, -0.15) is 0 Å². The van der Waals surface area contributed by atoms with E-state index in [0.717, 1.165) is 17.8 Å². The molecule has 1 saturated carbocycles. The number of anilines is 1. The molecule has 1 aliphatic heterocycles. The molecule has 2 aliphatic rings. The number of hydrogen-bond acceptors (Lipinski definition) is 6. The second-order valence-electron chi connectivity index (χ2n) is 11.3. The van der Waals surface area contributed by atoms with Gasteiger partial charge in [0.05, 0.1) is 24.0 Å². The quantitative estimate of drug-likeness (QED) is 0.286. The van der Waals surface area contributed by atoms with E-state index in [2.05, 4.69) is 32.1 Å². The number of hydrogen-bond donors (Lipinski definition) is 1. The number of pyridine rings is 3. The van der Waals surface area contributed by atoms with E-state index in [9.17, 15) is 18.8 Å². The van der Waals surface area contributed by atoms with Gasteiger partial charge in [0.25, 0.3) is 11.8 Å². The fraction of sp³-hybridized carbons (Fsp3) is 0.200. The van der Waals surface area contributed by atoms with E-state index < -0.39 is 23.8 Å². The van der Waals surface area contributed by atoms with Crippen LogP contribution >= 0.6 is 0 Å². The van der Waals surface area contributed by atoms with Gasteiger partial charge in [-0.25, -0.2) is 14.2 Å². The minimum atomic E-state index is -0.654. The van der Waals surface area contributed by atoms with E-state index in [-0.39, 0.29) is 24.1 Å². The van der Waals surface area contributed by atoms with Gasteiger partial charge >= 0.3 is 6.03 Å². The summed E-state index contributed by atoms with van der Waals surface area (Å²) >= 11 is 0. The van der Waals surface area contributed by atoms with Crippen molar-refractivity contribution in [3.8, 4) is 11.8 Å². The van der Waals surface area contributed by atoms with Gasteiger partial charge in [-0.15, -0.1) is 0 Å². The van der Waals surface area contributed by atoms with Crippen molar-refractivity contribution in [3.63, 3.8) is 0 Å². The highest BCUT2D eigenvalue weighted by atomic mass is 19.1. The van der Waals surface area contributed by atoms with Gasteiger partial charge in [-0.3, -0.25) is 29.4 Å². The number of benzene rings is 1. The maximum Gasteiger partial charge on any atom is 0.332 e. The van der Waals surface area contributed by atoms with Crippen LogP contribution in [0.1, 0.15) is 63.4 Å². The molecule has 1 aromatic carbocycles. The number of aromatic nitrogens is 4. The summed E-state index contributed by atoms with van der Waals surface area (Å²) in [5.41, 5.74) is 3.32. The van der Waals surface area contributed by atoms with E-state index in [1.54, 1.807) is 47.3 Å². The van der Waals surface area contributed by atoms with Crippen LogP contribution in [0.5, 0.6) is 0 Å². The number of imidazole rings is 1. The lowest BCUT2D eigenvalue weighted by Crippen LogP contribution is -2.52. The summed E-state index contributed by atoms with van der Waals surface area (Å²) in [6.07, 6.45) is 9.94. The summed E-state index contributed by atoms with van der Waals surface area (Å²) in [6.45, 7) is -0.0133. The molecule has 1 N–H and O–H groups in total. The minimum absolute atomic E-state index is 0.0133. The molecule has 4 amide bonds. The monoisotopic (exact) mass is 613 g/mol. The Labute approximate surface area is 263 Å². The molecule has 5 heterocycles. The maximum atomic E-state index is 14.3. The van der Waals surface area contributed by atoms with Crippen LogP contribution in [0, 0.1) is 17.7 Å². The van der Waals surface area contributed by atoms with E-state index in [0.29, 0.717) is 54.0 Å². The highest BCUT2D eigenvalue weighted by Gasteiger charge is 2.40. The number of carbonyl (C=O) groups excluding carboxylic acids is 3. The number of nitrogens with zero attached hydrogens (tertiary/aromatic N) is 6. The fourth-order valence-electron chi connectivity index (χ4n) is 5.98. The molecule has 5 aromatic rings. The van der Waals surface area contributed by atoms with Crippen LogP contribution in [0.3, 0.4) is 0 Å². The largest absolute Gasteiger partial charge is 0.348 e. The van der Waals surface area contributed by atoms with Gasteiger partial charge in [-0.1, -0.05) is 24.0 Å². The Bertz CT molecular complexity index is 1990. The molecular formula is C35H28FN7O3. The minimum Gasteiger partial charge on any atom is -0.348 e. The molecule has 4 aromatic heterocycles. The fourth-order valence-corrected chi connectivity index (χ4v) is 5.98. The molecule has 0 atom stereocenters. The third-order valence-corrected chi connectivity index (χ3v) is 8.30. The SMILES string of the molecule is O=C(NC1CCC(N2C(=O)c3cc(F)cnc3CN(c3cccc(C#Cc4cccnc4)c3)C2=O)CC1)c1cn2ccccc2n1. The number of fused-ring (bicyclic) bond motifs is 2. The van der Waals surface area contributed by atoms with E-state index in [1.165, 1.54) is 9.80 Å². The van der Waals surface area contributed by atoms with Crippen molar-refractivity contribution in [2.45, 2.75) is 44.3 Å². The highest BCUT2D eigenvalue weighted by molar-refractivity contribution is 6.11. The molecule has 0 radical (unpaired) electrons. The normalized spacial score (nSPS) is 18.0. The van der Waals surface area contributed by atoms with Crippen molar-refractivity contribution in [2.24, 2.45) is 0 Å². The Hall–Kier alpha value is -5.89. The third-order valence-electron chi connectivity index (χ3n) is 8.30. The van der Waals surface area contributed by atoms with Crippen molar-refractivity contribution in [1.29, 1.82) is 0 Å². The summed E-state index contributed by atoms with van der Waals surface area (Å²) in [7, 11) is 0. The number of halogens is 1. The first kappa shape index (κ1) is 28.9. The van der Waals surface area contributed by atoms with E-state index >= 15 is 0 Å². The molecule has 0 bridgehead atoms. The Morgan fingerprint density at radius 3 is 2.57 bits per heavy atom. The first-order valence-corrected chi connectivity index (χ1v) is 15.0. The lowest BCUT2D eigenvalue weighted by Gasteiger charge is -2.37. The molecule has 0 spiro atoms. The summed E-state index contributed by atoms with van der Waals surface area (Å²) in [6, 6.07) is 16.4. The summed E-state index contributed by atoms with van der Waals surface area (Å²) in [4.78, 5) is 56.5. The standard InChI is InChI=1S/C35H28FN7O3/c36-25-18-29-30(38-20-25)22-42(28-7-3-5-23(17-28)9-10-24-6-4-15-37-19-24)35(46)43(34(29)45)27-13-11-26(12-14-27)39-33(44)31-21-41-16-2-1-8-32(41)40-31/h1-8,15-21,26-27H,11-14,22H2,(H,39,44). The maximum absolute atomic E-state index is 14.3. The van der Waals surface area contributed by atoms with Crippen LogP contribution in [0.15, 0.2) is 91.6 Å². The number of rotatable bonds is 4. The van der Waals surface area contributed by atoms with Crippen molar-refractivity contribution in [1.82, 2.24) is 29.6 Å². The molecule has 0 unspecified atom stereocenters. The Balaban J connectivity index is 1.12. The predicted molar refractivity (Wildman–Crippen MR) is 167 cm³/mol. The van der Waals surface area contributed by atoms with Crippen LogP contribution in [-0.4, -0.2) is 54.2 Å². The van der Waals surface area contributed by atoms with Crippen LogP contribution in [0.2, 0.25) is 0 Å². The first-order valence-electron chi connectivity index (χ1n) is 15.0. The topological polar surface area (TPSA) is 113 Å². The molecule has 7 rings (SSSR count).